The molecule has 1 aliphatic heterocycles. The molecule has 2 aliphatic rings. The Labute approximate surface area is 114 Å². The number of anilines is 1. The predicted octanol–water partition coefficient (Wildman–Crippen LogP) is 2.33. The highest BCUT2D eigenvalue weighted by Gasteiger charge is 2.34. The van der Waals surface area contributed by atoms with Crippen LogP contribution in [-0.4, -0.2) is 23.0 Å². The van der Waals surface area contributed by atoms with Crippen LogP contribution in [0.1, 0.15) is 38.5 Å². The van der Waals surface area contributed by atoms with Gasteiger partial charge in [0.25, 0.3) is 0 Å². The Kier molecular flexibility index (Phi) is 3.78. The molecule has 1 amide bonds. The lowest BCUT2D eigenvalue weighted by Gasteiger charge is -2.39. The zero-order chi connectivity index (χ0) is 13.1. The van der Waals surface area contributed by atoms with Crippen molar-refractivity contribution >= 4 is 11.6 Å². The summed E-state index contributed by atoms with van der Waals surface area (Å²) in [5.41, 5.74) is 0.778. The summed E-state index contributed by atoms with van der Waals surface area (Å²) in [6.07, 6.45) is 10.7. The quantitative estimate of drug-likeness (QED) is 0.857. The van der Waals surface area contributed by atoms with E-state index in [1.54, 1.807) is 12.4 Å². The number of pyridine rings is 1. The van der Waals surface area contributed by atoms with E-state index in [9.17, 15) is 4.79 Å². The number of hydrogen-bond acceptors (Lipinski definition) is 3. The molecule has 0 bridgehead atoms. The van der Waals surface area contributed by atoms with Gasteiger partial charge < -0.3 is 10.6 Å². The van der Waals surface area contributed by atoms with Crippen molar-refractivity contribution in [1.82, 2.24) is 10.3 Å². The van der Waals surface area contributed by atoms with Gasteiger partial charge in [-0.1, -0.05) is 12.8 Å². The van der Waals surface area contributed by atoms with E-state index in [4.69, 9.17) is 0 Å². The maximum absolute atomic E-state index is 12.2. The van der Waals surface area contributed by atoms with Crippen molar-refractivity contribution in [1.29, 1.82) is 0 Å². The number of piperidine rings is 1. The Morgan fingerprint density at radius 1 is 1.26 bits per heavy atom. The lowest BCUT2D eigenvalue weighted by atomic mass is 9.77. The summed E-state index contributed by atoms with van der Waals surface area (Å²) >= 11 is 0. The Balaban J connectivity index is 1.59. The number of carbonyl (C=O) groups excluding carboxylic acids is 1. The molecule has 3 atom stereocenters. The molecular weight excluding hydrogens is 238 g/mol. The molecule has 3 unspecified atom stereocenters. The van der Waals surface area contributed by atoms with Crippen molar-refractivity contribution in [2.45, 2.75) is 50.6 Å². The van der Waals surface area contributed by atoms with Gasteiger partial charge in [-0.15, -0.1) is 0 Å². The number of nitrogens with one attached hydrogen (secondary N) is 2. The van der Waals surface area contributed by atoms with Crippen LogP contribution >= 0.6 is 0 Å². The zero-order valence-corrected chi connectivity index (χ0v) is 11.1. The van der Waals surface area contributed by atoms with Crippen molar-refractivity contribution < 1.29 is 4.79 Å². The molecule has 4 nitrogen and oxygen atoms in total. The van der Waals surface area contributed by atoms with Crippen molar-refractivity contribution in [3.63, 3.8) is 0 Å². The molecule has 102 valence electrons. The van der Waals surface area contributed by atoms with Gasteiger partial charge in [-0.05, 0) is 43.7 Å². The molecule has 4 heteroatoms. The van der Waals surface area contributed by atoms with Gasteiger partial charge >= 0.3 is 0 Å². The molecule has 1 aromatic rings. The lowest BCUT2D eigenvalue weighted by molar-refractivity contribution is -0.119. The zero-order valence-electron chi connectivity index (χ0n) is 11.1. The topological polar surface area (TPSA) is 54.0 Å². The lowest BCUT2D eigenvalue weighted by Crippen LogP contribution is -2.53. The smallest absolute Gasteiger partial charge is 0.241 e. The molecule has 2 fully saturated rings. The highest BCUT2D eigenvalue weighted by molar-refractivity contribution is 5.94. The van der Waals surface area contributed by atoms with E-state index >= 15 is 0 Å². The minimum atomic E-state index is -0.0421. The number of rotatable bonds is 2. The second-order valence-electron chi connectivity index (χ2n) is 5.68. The first-order chi connectivity index (χ1) is 9.33. The number of fused-ring (bicyclic) bond motifs is 1. The predicted molar refractivity (Wildman–Crippen MR) is 74.8 cm³/mol. The van der Waals surface area contributed by atoms with Crippen LogP contribution in [0, 0.1) is 5.92 Å². The van der Waals surface area contributed by atoms with Gasteiger partial charge in [0.2, 0.25) is 5.91 Å². The third-order valence-corrected chi connectivity index (χ3v) is 4.40. The fraction of sp³-hybridized carbons (Fsp3) is 0.600. The SMILES string of the molecule is O=C(Nc1cccnc1)C1CCC2CCCCC2N1. The third-order valence-electron chi connectivity index (χ3n) is 4.40. The molecule has 0 radical (unpaired) electrons. The molecule has 0 aromatic carbocycles. The van der Waals surface area contributed by atoms with Gasteiger partial charge in [0.1, 0.15) is 0 Å². The molecule has 0 spiro atoms. The Morgan fingerprint density at radius 2 is 2.16 bits per heavy atom. The minimum absolute atomic E-state index is 0.0421. The third kappa shape index (κ3) is 2.95. The maximum Gasteiger partial charge on any atom is 0.241 e. The number of aromatic nitrogens is 1. The van der Waals surface area contributed by atoms with Gasteiger partial charge in [-0.25, -0.2) is 0 Å². The van der Waals surface area contributed by atoms with Crippen LogP contribution in [-0.2, 0) is 4.79 Å². The molecule has 1 saturated carbocycles. The summed E-state index contributed by atoms with van der Waals surface area (Å²) in [6, 6.07) is 4.21. The van der Waals surface area contributed by atoms with Crippen molar-refractivity contribution in [2.75, 3.05) is 5.32 Å². The molecule has 1 aromatic heterocycles. The van der Waals surface area contributed by atoms with Gasteiger partial charge in [0, 0.05) is 12.2 Å². The minimum Gasteiger partial charge on any atom is -0.323 e. The summed E-state index contributed by atoms with van der Waals surface area (Å²) in [5.74, 6) is 0.869. The largest absolute Gasteiger partial charge is 0.323 e. The van der Waals surface area contributed by atoms with Crippen LogP contribution in [0.5, 0.6) is 0 Å². The number of hydrogen-bond donors (Lipinski definition) is 2. The summed E-state index contributed by atoms with van der Waals surface area (Å²) in [5, 5.41) is 6.49. The molecule has 2 N–H and O–H groups in total. The van der Waals surface area contributed by atoms with E-state index in [0.29, 0.717) is 6.04 Å². The normalized spacial score (nSPS) is 30.4. The number of carbonyl (C=O) groups is 1. The molecule has 1 aliphatic carbocycles. The van der Waals surface area contributed by atoms with E-state index in [2.05, 4.69) is 15.6 Å². The second-order valence-corrected chi connectivity index (χ2v) is 5.68. The van der Waals surface area contributed by atoms with Crippen LogP contribution in [0.25, 0.3) is 0 Å². The maximum atomic E-state index is 12.2. The summed E-state index contributed by atoms with van der Waals surface area (Å²) < 4.78 is 0. The fourth-order valence-corrected chi connectivity index (χ4v) is 3.37. The van der Waals surface area contributed by atoms with Crippen LogP contribution in [0.2, 0.25) is 0 Å². The number of amides is 1. The van der Waals surface area contributed by atoms with E-state index in [-0.39, 0.29) is 11.9 Å². The van der Waals surface area contributed by atoms with E-state index in [1.165, 1.54) is 32.1 Å². The first kappa shape index (κ1) is 12.6. The first-order valence-corrected chi connectivity index (χ1v) is 7.30. The highest BCUT2D eigenvalue weighted by Crippen LogP contribution is 2.32. The van der Waals surface area contributed by atoms with E-state index in [1.807, 2.05) is 12.1 Å². The monoisotopic (exact) mass is 259 g/mol. The fourth-order valence-electron chi connectivity index (χ4n) is 3.37. The van der Waals surface area contributed by atoms with E-state index < -0.39 is 0 Å². The second kappa shape index (κ2) is 5.70. The first-order valence-electron chi connectivity index (χ1n) is 7.30. The van der Waals surface area contributed by atoms with Gasteiger partial charge in [-0.3, -0.25) is 9.78 Å². The standard InChI is InChI=1S/C15H21N3O/c19-15(17-12-5-3-9-16-10-12)14-8-7-11-4-1-2-6-13(11)18-14/h3,5,9-11,13-14,18H,1-2,4,6-8H2,(H,17,19). The summed E-state index contributed by atoms with van der Waals surface area (Å²) in [4.78, 5) is 16.3. The molecule has 19 heavy (non-hydrogen) atoms. The van der Waals surface area contributed by atoms with Crippen LogP contribution in [0.15, 0.2) is 24.5 Å². The Bertz CT molecular complexity index is 434. The molecule has 1 saturated heterocycles. The van der Waals surface area contributed by atoms with E-state index in [0.717, 1.165) is 18.0 Å². The van der Waals surface area contributed by atoms with Crippen molar-refractivity contribution in [3.05, 3.63) is 24.5 Å². The highest BCUT2D eigenvalue weighted by atomic mass is 16.2. The number of nitrogens with zero attached hydrogens (tertiary/aromatic N) is 1. The average molecular weight is 259 g/mol. The van der Waals surface area contributed by atoms with Crippen LogP contribution in [0.3, 0.4) is 0 Å². The molecular formula is C15H21N3O. The van der Waals surface area contributed by atoms with Gasteiger partial charge in [0.15, 0.2) is 0 Å². The Hall–Kier alpha value is -1.42. The van der Waals surface area contributed by atoms with Gasteiger partial charge in [-0.2, -0.15) is 0 Å². The van der Waals surface area contributed by atoms with Crippen molar-refractivity contribution in [3.8, 4) is 0 Å². The van der Waals surface area contributed by atoms with Crippen LogP contribution < -0.4 is 10.6 Å². The summed E-state index contributed by atoms with van der Waals surface area (Å²) in [6.45, 7) is 0. The molecule has 2 heterocycles. The van der Waals surface area contributed by atoms with Crippen molar-refractivity contribution in [2.24, 2.45) is 5.92 Å². The average Bonchev–Trinajstić information content (AvgIpc) is 2.48. The van der Waals surface area contributed by atoms with Gasteiger partial charge in [0.05, 0.1) is 17.9 Å². The molecule has 3 rings (SSSR count). The Morgan fingerprint density at radius 3 is 3.00 bits per heavy atom. The summed E-state index contributed by atoms with van der Waals surface area (Å²) in [7, 11) is 0. The van der Waals surface area contributed by atoms with Crippen LogP contribution in [0.4, 0.5) is 5.69 Å².